The van der Waals surface area contributed by atoms with Crippen LogP contribution in [0.2, 0.25) is 0 Å². The number of carbonyl (C=O) groups is 4. The summed E-state index contributed by atoms with van der Waals surface area (Å²) < 4.78 is 15.5. The van der Waals surface area contributed by atoms with Gasteiger partial charge in [0.25, 0.3) is 0 Å². The quantitative estimate of drug-likeness (QED) is 0.119. The molecule has 0 fully saturated rings. The van der Waals surface area contributed by atoms with Gasteiger partial charge in [-0.1, -0.05) is 42.5 Å². The molecule has 3 amide bonds. The molecular weight excluding hydrogens is 494 g/mol. The van der Waals surface area contributed by atoms with E-state index in [4.69, 9.17) is 19.3 Å². The van der Waals surface area contributed by atoms with E-state index in [1.165, 1.54) is 6.08 Å². The second kappa shape index (κ2) is 19.4. The monoisotopic (exact) mass is 533 g/mol. The van der Waals surface area contributed by atoms with Gasteiger partial charge >= 0.3 is 12.1 Å². The van der Waals surface area contributed by atoms with Crippen LogP contribution in [0.3, 0.4) is 0 Å². The fraction of sp³-hybridized carbons (Fsp3) is 0.481. The van der Waals surface area contributed by atoms with Crippen molar-refractivity contribution < 1.29 is 38.5 Å². The van der Waals surface area contributed by atoms with E-state index in [1.807, 2.05) is 18.2 Å². The van der Waals surface area contributed by atoms with Gasteiger partial charge in [0.15, 0.2) is 0 Å². The zero-order valence-electron chi connectivity index (χ0n) is 21.9. The van der Waals surface area contributed by atoms with E-state index in [0.29, 0.717) is 0 Å². The van der Waals surface area contributed by atoms with E-state index in [2.05, 4.69) is 29.1 Å². The van der Waals surface area contributed by atoms with E-state index in [1.54, 1.807) is 25.1 Å². The van der Waals surface area contributed by atoms with Crippen LogP contribution in [-0.2, 0) is 35.2 Å². The van der Waals surface area contributed by atoms with Crippen LogP contribution in [0.5, 0.6) is 0 Å². The van der Waals surface area contributed by atoms with Crippen molar-refractivity contribution in [1.82, 2.24) is 16.0 Å². The number of nitrogens with one attached hydrogen (secondary N) is 3. The number of alkyl carbamates (subject to hydrolysis) is 1. The summed E-state index contributed by atoms with van der Waals surface area (Å²) >= 11 is 0. The average molecular weight is 534 g/mol. The molecule has 1 rings (SSSR count). The van der Waals surface area contributed by atoms with Crippen molar-refractivity contribution in [2.75, 3.05) is 33.0 Å². The van der Waals surface area contributed by atoms with Gasteiger partial charge in [0.05, 0.1) is 31.8 Å². The molecule has 0 spiro atoms. The molecule has 210 valence electrons. The SMILES string of the molecule is C=CC[C@@H](CC(=O)NCCOCCO)C(=O)N[C@@H](C)COC(=O)[C@@H](CC=C)NC(=O)OCc1ccccc1. The van der Waals surface area contributed by atoms with Crippen molar-refractivity contribution in [3.8, 4) is 0 Å². The van der Waals surface area contributed by atoms with Crippen LogP contribution >= 0.6 is 0 Å². The molecule has 0 saturated carbocycles. The zero-order valence-corrected chi connectivity index (χ0v) is 21.9. The molecule has 1 aromatic carbocycles. The van der Waals surface area contributed by atoms with Crippen molar-refractivity contribution in [2.24, 2.45) is 5.92 Å². The maximum Gasteiger partial charge on any atom is 0.408 e. The van der Waals surface area contributed by atoms with Gasteiger partial charge in [-0.3, -0.25) is 9.59 Å². The van der Waals surface area contributed by atoms with E-state index in [0.717, 1.165) is 5.56 Å². The molecule has 11 heteroatoms. The van der Waals surface area contributed by atoms with Crippen LogP contribution in [0.25, 0.3) is 0 Å². The minimum atomic E-state index is -1.00. The van der Waals surface area contributed by atoms with Crippen molar-refractivity contribution in [2.45, 2.75) is 44.9 Å². The predicted molar refractivity (Wildman–Crippen MR) is 141 cm³/mol. The lowest BCUT2D eigenvalue weighted by molar-refractivity contribution is -0.147. The summed E-state index contributed by atoms with van der Waals surface area (Å²) in [6.07, 6.45) is 2.60. The predicted octanol–water partition coefficient (Wildman–Crippen LogP) is 1.61. The number of hydrogen-bond donors (Lipinski definition) is 4. The smallest absolute Gasteiger partial charge is 0.408 e. The van der Waals surface area contributed by atoms with Gasteiger partial charge in [-0.25, -0.2) is 9.59 Å². The molecule has 3 atom stereocenters. The topological polar surface area (TPSA) is 152 Å². The highest BCUT2D eigenvalue weighted by molar-refractivity contribution is 5.86. The van der Waals surface area contributed by atoms with Crippen LogP contribution in [0.15, 0.2) is 55.6 Å². The van der Waals surface area contributed by atoms with Gasteiger partial charge in [-0.2, -0.15) is 0 Å². The number of aliphatic hydroxyl groups is 1. The Labute approximate surface area is 223 Å². The largest absolute Gasteiger partial charge is 0.462 e. The maximum absolute atomic E-state index is 12.7. The Balaban J connectivity index is 2.49. The highest BCUT2D eigenvalue weighted by Crippen LogP contribution is 2.10. The Kier molecular flexibility index (Phi) is 16.5. The molecule has 0 aliphatic carbocycles. The Hall–Kier alpha value is -3.70. The van der Waals surface area contributed by atoms with Gasteiger partial charge in [-0.15, -0.1) is 13.2 Å². The third-order valence-corrected chi connectivity index (χ3v) is 5.11. The van der Waals surface area contributed by atoms with Crippen LogP contribution in [0.4, 0.5) is 4.79 Å². The van der Waals surface area contributed by atoms with Gasteiger partial charge < -0.3 is 35.3 Å². The van der Waals surface area contributed by atoms with E-state index in [-0.39, 0.29) is 70.7 Å². The van der Waals surface area contributed by atoms with Crippen molar-refractivity contribution in [1.29, 1.82) is 0 Å². The molecule has 0 saturated heterocycles. The number of esters is 1. The van der Waals surface area contributed by atoms with Gasteiger partial charge in [-0.05, 0) is 25.3 Å². The van der Waals surface area contributed by atoms with Crippen LogP contribution in [0.1, 0.15) is 31.7 Å². The normalized spacial score (nSPS) is 12.8. The summed E-state index contributed by atoms with van der Waals surface area (Å²) in [7, 11) is 0. The third-order valence-electron chi connectivity index (χ3n) is 5.11. The second-order valence-electron chi connectivity index (χ2n) is 8.43. The summed E-state index contributed by atoms with van der Waals surface area (Å²) in [5, 5.41) is 16.5. The number of benzene rings is 1. The minimum Gasteiger partial charge on any atom is -0.462 e. The molecule has 4 N–H and O–H groups in total. The van der Waals surface area contributed by atoms with Gasteiger partial charge in [0, 0.05) is 13.0 Å². The maximum atomic E-state index is 12.7. The molecule has 0 heterocycles. The lowest BCUT2D eigenvalue weighted by Gasteiger charge is -2.21. The lowest BCUT2D eigenvalue weighted by Crippen LogP contribution is -2.45. The highest BCUT2D eigenvalue weighted by atomic mass is 16.6. The highest BCUT2D eigenvalue weighted by Gasteiger charge is 2.25. The number of aliphatic hydroxyl groups excluding tert-OH is 1. The molecule has 1 aromatic rings. The van der Waals surface area contributed by atoms with Crippen LogP contribution < -0.4 is 16.0 Å². The van der Waals surface area contributed by atoms with E-state index < -0.39 is 30.1 Å². The molecule has 11 nitrogen and oxygen atoms in total. The number of allylic oxidation sites excluding steroid dienone is 1. The summed E-state index contributed by atoms with van der Waals surface area (Å²) in [5.41, 5.74) is 0.800. The zero-order chi connectivity index (χ0) is 28.2. The fourth-order valence-electron chi connectivity index (χ4n) is 3.21. The molecule has 0 aliphatic rings. The number of rotatable bonds is 19. The average Bonchev–Trinajstić information content (AvgIpc) is 2.90. The van der Waals surface area contributed by atoms with E-state index in [9.17, 15) is 19.2 Å². The fourth-order valence-corrected chi connectivity index (χ4v) is 3.21. The summed E-state index contributed by atoms with van der Waals surface area (Å²) in [4.78, 5) is 49.5. The van der Waals surface area contributed by atoms with Crippen molar-refractivity contribution in [3.63, 3.8) is 0 Å². The van der Waals surface area contributed by atoms with E-state index >= 15 is 0 Å². The van der Waals surface area contributed by atoms with Crippen molar-refractivity contribution >= 4 is 23.9 Å². The Morgan fingerprint density at radius 1 is 1.00 bits per heavy atom. The summed E-state index contributed by atoms with van der Waals surface area (Å²) in [6.45, 7) is 9.38. The number of ether oxygens (including phenoxy) is 3. The Bertz CT molecular complexity index is 894. The lowest BCUT2D eigenvalue weighted by atomic mass is 9.99. The molecular formula is C27H39N3O8. The summed E-state index contributed by atoms with van der Waals surface area (Å²) in [5.74, 6) is -2.06. The second-order valence-corrected chi connectivity index (χ2v) is 8.43. The van der Waals surface area contributed by atoms with Gasteiger partial charge in [0.2, 0.25) is 11.8 Å². The first-order valence-corrected chi connectivity index (χ1v) is 12.4. The minimum absolute atomic E-state index is 0.0486. The molecule has 38 heavy (non-hydrogen) atoms. The number of hydrogen-bond acceptors (Lipinski definition) is 8. The standard InChI is InChI=1S/C27H39N3O8/c1-4-9-22(17-24(32)28-13-15-36-16-14-31)25(33)29-20(3)18-37-26(34)23(10-5-2)30-27(35)38-19-21-11-7-6-8-12-21/h4-8,11-12,20,22-23,31H,1-2,9-10,13-19H2,3H3,(H,28,32)(H,29,33)(H,30,35)/t20-,22-,23+/m0/s1. The van der Waals surface area contributed by atoms with Crippen LogP contribution in [0, 0.1) is 5.92 Å². The van der Waals surface area contributed by atoms with Crippen LogP contribution in [-0.4, -0.2) is 74.0 Å². The molecule has 0 bridgehead atoms. The van der Waals surface area contributed by atoms with Crippen molar-refractivity contribution in [3.05, 3.63) is 61.2 Å². The Morgan fingerprint density at radius 3 is 2.37 bits per heavy atom. The first kappa shape index (κ1) is 32.3. The number of amides is 3. The molecule has 0 unspecified atom stereocenters. The molecule has 0 aromatic heterocycles. The Morgan fingerprint density at radius 2 is 1.71 bits per heavy atom. The first-order chi connectivity index (χ1) is 18.3. The first-order valence-electron chi connectivity index (χ1n) is 12.4. The molecule has 0 radical (unpaired) electrons. The van der Waals surface area contributed by atoms with Gasteiger partial charge in [0.1, 0.15) is 19.3 Å². The number of carbonyl (C=O) groups excluding carboxylic acids is 4. The summed E-state index contributed by atoms with van der Waals surface area (Å²) in [6, 6.07) is 7.54. The third kappa shape index (κ3) is 14.1. The molecule has 0 aliphatic heterocycles.